The Labute approximate surface area is 142 Å². The topological polar surface area (TPSA) is 36.9 Å². The lowest BCUT2D eigenvalue weighted by Crippen LogP contribution is -2.50. The molecule has 0 saturated carbocycles. The maximum Gasteiger partial charge on any atom is 0.194 e. The van der Waals surface area contributed by atoms with Crippen molar-refractivity contribution in [2.45, 2.75) is 32.1 Å². The van der Waals surface area contributed by atoms with Crippen LogP contribution in [0.2, 0.25) is 0 Å². The van der Waals surface area contributed by atoms with Crippen LogP contribution < -0.4 is 10.1 Å². The molecular formula is C17H26FN3OS. The zero-order valence-corrected chi connectivity index (χ0v) is 15.2. The molecule has 1 aromatic carbocycles. The van der Waals surface area contributed by atoms with Crippen LogP contribution in [0, 0.1) is 5.82 Å². The SMILES string of the molecule is CCNC(=NCc1ccc(OC)c(F)c1)N1CCSC(C)(C)C1. The molecule has 1 aliphatic rings. The van der Waals surface area contributed by atoms with E-state index in [-0.39, 0.29) is 16.3 Å². The van der Waals surface area contributed by atoms with Gasteiger partial charge in [0.25, 0.3) is 0 Å². The summed E-state index contributed by atoms with van der Waals surface area (Å²) in [4.78, 5) is 6.98. The smallest absolute Gasteiger partial charge is 0.194 e. The molecule has 0 unspecified atom stereocenters. The zero-order chi connectivity index (χ0) is 16.9. The van der Waals surface area contributed by atoms with Crippen LogP contribution in [0.3, 0.4) is 0 Å². The van der Waals surface area contributed by atoms with Crippen LogP contribution >= 0.6 is 11.8 Å². The van der Waals surface area contributed by atoms with Gasteiger partial charge in [-0.15, -0.1) is 0 Å². The number of methoxy groups -OCH3 is 1. The number of ether oxygens (including phenoxy) is 1. The quantitative estimate of drug-likeness (QED) is 0.675. The van der Waals surface area contributed by atoms with Crippen molar-refractivity contribution < 1.29 is 9.13 Å². The Balaban J connectivity index is 2.10. The predicted octanol–water partition coefficient (Wildman–Crippen LogP) is 3.13. The minimum absolute atomic E-state index is 0.223. The van der Waals surface area contributed by atoms with Crippen LogP contribution in [0.1, 0.15) is 26.3 Å². The number of guanidine groups is 1. The van der Waals surface area contributed by atoms with Crippen LogP contribution in [-0.2, 0) is 6.54 Å². The summed E-state index contributed by atoms with van der Waals surface area (Å²) < 4.78 is 18.9. The van der Waals surface area contributed by atoms with Crippen LogP contribution in [0.25, 0.3) is 0 Å². The van der Waals surface area contributed by atoms with E-state index in [4.69, 9.17) is 4.74 Å². The molecular weight excluding hydrogens is 313 g/mol. The van der Waals surface area contributed by atoms with Gasteiger partial charge in [0, 0.05) is 30.1 Å². The van der Waals surface area contributed by atoms with Gasteiger partial charge in [-0.1, -0.05) is 6.07 Å². The first-order valence-electron chi connectivity index (χ1n) is 7.95. The predicted molar refractivity (Wildman–Crippen MR) is 95.9 cm³/mol. The van der Waals surface area contributed by atoms with Crippen molar-refractivity contribution >= 4 is 17.7 Å². The molecule has 0 spiro atoms. The Morgan fingerprint density at radius 1 is 1.48 bits per heavy atom. The second kappa shape index (κ2) is 7.90. The van der Waals surface area contributed by atoms with Gasteiger partial charge >= 0.3 is 0 Å². The summed E-state index contributed by atoms with van der Waals surface area (Å²) in [5.41, 5.74) is 0.837. The van der Waals surface area contributed by atoms with Gasteiger partial charge in [-0.05, 0) is 38.5 Å². The molecule has 0 amide bonds. The van der Waals surface area contributed by atoms with E-state index in [9.17, 15) is 4.39 Å². The van der Waals surface area contributed by atoms with E-state index in [2.05, 4.69) is 36.0 Å². The van der Waals surface area contributed by atoms with E-state index in [0.29, 0.717) is 6.54 Å². The molecule has 1 heterocycles. The third kappa shape index (κ3) is 5.03. The third-order valence-corrected chi connectivity index (χ3v) is 4.98. The van der Waals surface area contributed by atoms with Crippen molar-refractivity contribution in [1.29, 1.82) is 0 Å². The molecule has 2 rings (SSSR count). The highest BCUT2D eigenvalue weighted by atomic mass is 32.2. The molecule has 0 radical (unpaired) electrons. The Hall–Kier alpha value is -1.43. The van der Waals surface area contributed by atoms with Gasteiger partial charge in [-0.25, -0.2) is 9.38 Å². The van der Waals surface area contributed by atoms with Crippen molar-refractivity contribution in [2.24, 2.45) is 4.99 Å². The first-order chi connectivity index (χ1) is 10.9. The minimum Gasteiger partial charge on any atom is -0.494 e. The number of hydrogen-bond acceptors (Lipinski definition) is 3. The largest absolute Gasteiger partial charge is 0.494 e. The summed E-state index contributed by atoms with van der Waals surface area (Å²) in [5, 5.41) is 3.35. The maximum atomic E-state index is 13.8. The fourth-order valence-electron chi connectivity index (χ4n) is 2.60. The number of nitrogens with one attached hydrogen (secondary N) is 1. The number of hydrogen-bond donors (Lipinski definition) is 1. The number of aliphatic imine (C=N–C) groups is 1. The Morgan fingerprint density at radius 3 is 2.87 bits per heavy atom. The molecule has 4 nitrogen and oxygen atoms in total. The van der Waals surface area contributed by atoms with E-state index >= 15 is 0 Å². The van der Waals surface area contributed by atoms with Gasteiger partial charge in [0.1, 0.15) is 0 Å². The highest BCUT2D eigenvalue weighted by molar-refractivity contribution is 8.00. The minimum atomic E-state index is -0.347. The summed E-state index contributed by atoms with van der Waals surface area (Å²) in [6, 6.07) is 4.99. The van der Waals surface area contributed by atoms with Crippen molar-refractivity contribution in [3.05, 3.63) is 29.6 Å². The molecule has 128 valence electrons. The van der Waals surface area contributed by atoms with E-state index in [0.717, 1.165) is 36.9 Å². The highest BCUT2D eigenvalue weighted by Gasteiger charge is 2.28. The van der Waals surface area contributed by atoms with Crippen LogP contribution in [-0.4, -0.2) is 48.1 Å². The third-order valence-electron chi connectivity index (χ3n) is 3.69. The number of halogens is 1. The average Bonchev–Trinajstić information content (AvgIpc) is 2.50. The molecule has 0 aliphatic carbocycles. The molecule has 0 bridgehead atoms. The fraction of sp³-hybridized carbons (Fsp3) is 0.588. The van der Waals surface area contributed by atoms with E-state index in [1.165, 1.54) is 13.2 Å². The van der Waals surface area contributed by atoms with Gasteiger partial charge in [-0.2, -0.15) is 11.8 Å². The number of thioether (sulfide) groups is 1. The molecule has 0 atom stereocenters. The van der Waals surface area contributed by atoms with Crippen molar-refractivity contribution in [3.8, 4) is 5.75 Å². The highest BCUT2D eigenvalue weighted by Crippen LogP contribution is 2.29. The molecule has 0 aromatic heterocycles. The summed E-state index contributed by atoms with van der Waals surface area (Å²) in [5.74, 6) is 1.91. The summed E-state index contributed by atoms with van der Waals surface area (Å²) >= 11 is 1.99. The molecule has 23 heavy (non-hydrogen) atoms. The maximum absolute atomic E-state index is 13.8. The van der Waals surface area contributed by atoms with E-state index in [1.54, 1.807) is 6.07 Å². The molecule has 1 N–H and O–H groups in total. The summed E-state index contributed by atoms with van der Waals surface area (Å²) in [6.45, 7) is 9.79. The molecule has 1 saturated heterocycles. The van der Waals surface area contributed by atoms with Gasteiger partial charge in [0.05, 0.1) is 13.7 Å². The lowest BCUT2D eigenvalue weighted by Gasteiger charge is -2.39. The second-order valence-corrected chi connectivity index (χ2v) is 7.97. The first-order valence-corrected chi connectivity index (χ1v) is 8.93. The molecule has 6 heteroatoms. The Bertz CT molecular complexity index is 563. The summed E-state index contributed by atoms with van der Waals surface area (Å²) in [7, 11) is 1.47. The standard InChI is InChI=1S/C17H26FN3OS/c1-5-19-16(21-8-9-23-17(2,3)12-21)20-11-13-6-7-15(22-4)14(18)10-13/h6-7,10H,5,8-9,11-12H2,1-4H3,(H,19,20). The molecule has 1 aromatic rings. The zero-order valence-electron chi connectivity index (χ0n) is 14.4. The average molecular weight is 339 g/mol. The number of rotatable bonds is 4. The lowest BCUT2D eigenvalue weighted by molar-refractivity contribution is 0.375. The monoisotopic (exact) mass is 339 g/mol. The van der Waals surface area contributed by atoms with Crippen molar-refractivity contribution in [2.75, 3.05) is 32.5 Å². The van der Waals surface area contributed by atoms with Crippen molar-refractivity contribution in [1.82, 2.24) is 10.2 Å². The van der Waals surface area contributed by atoms with E-state index in [1.807, 2.05) is 17.8 Å². The molecule has 1 aliphatic heterocycles. The Kier molecular flexibility index (Phi) is 6.16. The number of benzene rings is 1. The summed E-state index contributed by atoms with van der Waals surface area (Å²) in [6.07, 6.45) is 0. The van der Waals surface area contributed by atoms with Crippen molar-refractivity contribution in [3.63, 3.8) is 0 Å². The van der Waals surface area contributed by atoms with Crippen LogP contribution in [0.5, 0.6) is 5.75 Å². The molecule has 1 fully saturated rings. The first kappa shape index (κ1) is 17.9. The van der Waals surface area contributed by atoms with Gasteiger partial charge in [-0.3, -0.25) is 0 Å². The Morgan fingerprint density at radius 2 is 2.26 bits per heavy atom. The van der Waals surface area contributed by atoms with Gasteiger partial charge < -0.3 is 15.0 Å². The van der Waals surface area contributed by atoms with E-state index < -0.39 is 0 Å². The van der Waals surface area contributed by atoms with Gasteiger partial charge in [0.15, 0.2) is 17.5 Å². The van der Waals surface area contributed by atoms with Gasteiger partial charge in [0.2, 0.25) is 0 Å². The van der Waals surface area contributed by atoms with Crippen LogP contribution in [0.4, 0.5) is 4.39 Å². The normalized spacial score (nSPS) is 18.0. The second-order valence-electron chi connectivity index (χ2n) is 6.17. The fourth-order valence-corrected chi connectivity index (χ4v) is 3.71. The number of nitrogens with zero attached hydrogens (tertiary/aromatic N) is 2. The van der Waals surface area contributed by atoms with Crippen LogP contribution in [0.15, 0.2) is 23.2 Å². The lowest BCUT2D eigenvalue weighted by atomic mass is 10.2.